The molecule has 0 saturated carbocycles. The Balaban J connectivity index is 2.31. The lowest BCUT2D eigenvalue weighted by Gasteiger charge is -2.12. The summed E-state index contributed by atoms with van der Waals surface area (Å²) < 4.78 is 69.3. The highest BCUT2D eigenvalue weighted by atomic mass is 19.4. The number of allylic oxidation sites excluding steroid dienone is 4. The molecule has 2 aromatic heterocycles. The van der Waals surface area contributed by atoms with Gasteiger partial charge in [-0.1, -0.05) is 12.7 Å². The van der Waals surface area contributed by atoms with Gasteiger partial charge in [0.25, 0.3) is 0 Å². The molecule has 2 rings (SSSR count). The Morgan fingerprint density at radius 3 is 2.50 bits per heavy atom. The normalized spacial score (nSPS) is 13.6. The molecule has 0 spiro atoms. The first kappa shape index (κ1) is 19.6. The fraction of sp³-hybridized carbons (Fsp3) is 0.250. The number of nitrogens with zero attached hydrogens (tertiary/aromatic N) is 3. The predicted octanol–water partition coefficient (Wildman–Crippen LogP) is 3.79. The Morgan fingerprint density at radius 1 is 1.23 bits per heavy atom. The van der Waals surface area contributed by atoms with Crippen molar-refractivity contribution in [2.75, 3.05) is 6.54 Å². The summed E-state index contributed by atoms with van der Waals surface area (Å²) in [6.45, 7) is 4.14. The van der Waals surface area contributed by atoms with Gasteiger partial charge in [0.2, 0.25) is 5.82 Å². The third-order valence-electron chi connectivity index (χ3n) is 3.32. The lowest BCUT2D eigenvalue weighted by molar-refractivity contribution is -0.303. The molecule has 5 nitrogen and oxygen atoms in total. The van der Waals surface area contributed by atoms with Crippen molar-refractivity contribution >= 4 is 11.2 Å². The average Bonchev–Trinajstić information content (AvgIpc) is 3.01. The number of aromatic nitrogens is 3. The van der Waals surface area contributed by atoms with E-state index in [0.717, 1.165) is 16.6 Å². The van der Waals surface area contributed by atoms with Crippen LogP contribution in [0.5, 0.6) is 0 Å². The molecule has 2 heterocycles. The van der Waals surface area contributed by atoms with Crippen LogP contribution in [0.3, 0.4) is 0 Å². The van der Waals surface area contributed by atoms with Gasteiger partial charge in [0, 0.05) is 6.20 Å². The van der Waals surface area contributed by atoms with Crippen LogP contribution in [0.25, 0.3) is 11.2 Å². The Hall–Kier alpha value is -2.75. The van der Waals surface area contributed by atoms with E-state index in [1.54, 1.807) is 0 Å². The molecular formula is C16H15F5N4O. The molecule has 10 heteroatoms. The van der Waals surface area contributed by atoms with Crippen molar-refractivity contribution in [2.24, 2.45) is 5.73 Å². The van der Waals surface area contributed by atoms with E-state index in [-0.39, 0.29) is 11.2 Å². The van der Waals surface area contributed by atoms with Crippen molar-refractivity contribution in [2.45, 2.75) is 19.2 Å². The van der Waals surface area contributed by atoms with Gasteiger partial charge in [-0.25, -0.2) is 0 Å². The van der Waals surface area contributed by atoms with E-state index in [0.29, 0.717) is 5.56 Å². The molecule has 0 unspecified atom stereocenters. The standard InChI is InChI=1S/C16H15F5N4O/c1-3-12(26-16(19,20)21)6-4-10(2)11-5-7-13-23-24-14(25(13)8-11)15(17,18)9-22/h3-8H,2,9,22H2,1H3/b6-4-,12-3+. The third kappa shape index (κ3) is 4.45. The van der Waals surface area contributed by atoms with E-state index in [1.807, 2.05) is 0 Å². The summed E-state index contributed by atoms with van der Waals surface area (Å²) in [5, 5.41) is 7.08. The van der Waals surface area contributed by atoms with Crippen molar-refractivity contribution in [1.29, 1.82) is 0 Å². The number of ether oxygens (including phenoxy) is 1. The molecular weight excluding hydrogens is 359 g/mol. The van der Waals surface area contributed by atoms with E-state index >= 15 is 0 Å². The lowest BCUT2D eigenvalue weighted by atomic mass is 10.1. The molecule has 140 valence electrons. The van der Waals surface area contributed by atoms with Crippen LogP contribution in [0.1, 0.15) is 18.3 Å². The Morgan fingerprint density at radius 2 is 1.92 bits per heavy atom. The molecule has 2 aromatic rings. The summed E-state index contributed by atoms with van der Waals surface area (Å²) in [5.74, 6) is -4.45. The van der Waals surface area contributed by atoms with Crippen molar-refractivity contribution in [3.63, 3.8) is 0 Å². The maximum atomic E-state index is 13.8. The SMILES string of the molecule is C=C(/C=C\C(=C/C)OC(F)(F)F)c1ccc2nnc(C(F)(F)CN)n2c1. The Kier molecular flexibility index (Phi) is 5.45. The van der Waals surface area contributed by atoms with E-state index in [4.69, 9.17) is 5.73 Å². The monoisotopic (exact) mass is 374 g/mol. The maximum Gasteiger partial charge on any atom is 0.573 e. The van der Waals surface area contributed by atoms with Gasteiger partial charge >= 0.3 is 12.3 Å². The minimum absolute atomic E-state index is 0.170. The molecule has 0 aliphatic carbocycles. The number of nitrogens with two attached hydrogens (primary N) is 1. The molecule has 26 heavy (non-hydrogen) atoms. The molecule has 0 amide bonds. The summed E-state index contributed by atoms with van der Waals surface area (Å²) in [6, 6.07) is 2.96. The highest BCUT2D eigenvalue weighted by Crippen LogP contribution is 2.27. The van der Waals surface area contributed by atoms with Crippen LogP contribution < -0.4 is 5.73 Å². The summed E-state index contributed by atoms with van der Waals surface area (Å²) in [5.41, 5.74) is 5.88. The first-order valence-electron chi connectivity index (χ1n) is 7.30. The number of fused-ring (bicyclic) bond motifs is 1. The minimum atomic E-state index is -4.82. The first-order chi connectivity index (χ1) is 12.1. The van der Waals surface area contributed by atoms with Gasteiger partial charge in [-0.15, -0.1) is 23.4 Å². The second-order valence-electron chi connectivity index (χ2n) is 5.18. The molecule has 2 N–H and O–H groups in total. The van der Waals surface area contributed by atoms with Crippen molar-refractivity contribution < 1.29 is 26.7 Å². The number of rotatable bonds is 6. The Bertz CT molecular complexity index is 867. The second kappa shape index (κ2) is 7.24. The van der Waals surface area contributed by atoms with Crippen LogP contribution in [0.15, 0.2) is 48.9 Å². The summed E-state index contributed by atoms with van der Waals surface area (Å²) >= 11 is 0. The van der Waals surface area contributed by atoms with Gasteiger partial charge in [0.05, 0.1) is 6.54 Å². The van der Waals surface area contributed by atoms with Crippen LogP contribution in [0.2, 0.25) is 0 Å². The average molecular weight is 374 g/mol. The zero-order valence-corrected chi connectivity index (χ0v) is 13.6. The number of hydrogen-bond acceptors (Lipinski definition) is 4. The van der Waals surface area contributed by atoms with Crippen molar-refractivity contribution in [1.82, 2.24) is 14.6 Å². The molecule has 0 aromatic carbocycles. The third-order valence-corrected chi connectivity index (χ3v) is 3.32. The maximum absolute atomic E-state index is 13.8. The first-order valence-corrected chi connectivity index (χ1v) is 7.30. The smallest absolute Gasteiger partial charge is 0.406 e. The zero-order chi connectivity index (χ0) is 19.5. The van der Waals surface area contributed by atoms with Crippen LogP contribution in [-0.2, 0) is 10.7 Å². The molecule has 0 aliphatic heterocycles. The van der Waals surface area contributed by atoms with Gasteiger partial charge < -0.3 is 10.5 Å². The summed E-state index contributed by atoms with van der Waals surface area (Å²) in [6.07, 6.45) is -0.0481. The second-order valence-corrected chi connectivity index (χ2v) is 5.18. The lowest BCUT2D eigenvalue weighted by Crippen LogP contribution is -2.27. The molecule has 0 atom stereocenters. The van der Waals surface area contributed by atoms with Gasteiger partial charge in [0.1, 0.15) is 5.76 Å². The zero-order valence-electron chi connectivity index (χ0n) is 13.6. The molecule has 0 saturated heterocycles. The van der Waals surface area contributed by atoms with Gasteiger partial charge in [-0.05, 0) is 42.3 Å². The summed E-state index contributed by atoms with van der Waals surface area (Å²) in [7, 11) is 0. The van der Waals surface area contributed by atoms with Crippen molar-refractivity contribution in [3.05, 3.63) is 60.3 Å². The molecule has 0 bridgehead atoms. The van der Waals surface area contributed by atoms with Crippen LogP contribution in [0, 0.1) is 0 Å². The topological polar surface area (TPSA) is 65.4 Å². The summed E-state index contributed by atoms with van der Waals surface area (Å²) in [4.78, 5) is 0. The van der Waals surface area contributed by atoms with Gasteiger partial charge in [0.15, 0.2) is 5.65 Å². The highest BCUT2D eigenvalue weighted by molar-refractivity contribution is 5.72. The number of alkyl halides is 5. The van der Waals surface area contributed by atoms with Gasteiger partial charge in [-0.2, -0.15) is 8.78 Å². The van der Waals surface area contributed by atoms with Crippen molar-refractivity contribution in [3.8, 4) is 0 Å². The fourth-order valence-electron chi connectivity index (χ4n) is 2.02. The number of hydrogen-bond donors (Lipinski definition) is 1. The largest absolute Gasteiger partial charge is 0.573 e. The highest BCUT2D eigenvalue weighted by Gasteiger charge is 2.35. The van der Waals surface area contributed by atoms with Gasteiger partial charge in [-0.3, -0.25) is 4.40 Å². The quantitative estimate of drug-likeness (QED) is 0.475. The van der Waals surface area contributed by atoms with E-state index in [2.05, 4.69) is 21.5 Å². The number of pyridine rings is 1. The van der Waals surface area contributed by atoms with Crippen LogP contribution in [-0.4, -0.2) is 27.5 Å². The fourth-order valence-corrected chi connectivity index (χ4v) is 2.02. The van der Waals surface area contributed by atoms with Crippen LogP contribution >= 0.6 is 0 Å². The van der Waals surface area contributed by atoms with E-state index in [9.17, 15) is 22.0 Å². The number of halogens is 5. The predicted molar refractivity (Wildman–Crippen MR) is 85.0 cm³/mol. The van der Waals surface area contributed by atoms with Crippen LogP contribution in [0.4, 0.5) is 22.0 Å². The molecule has 0 aliphatic rings. The van der Waals surface area contributed by atoms with E-state index in [1.165, 1.54) is 31.3 Å². The van der Waals surface area contributed by atoms with E-state index < -0.39 is 30.4 Å². The molecule has 0 fully saturated rings. The molecule has 0 radical (unpaired) electrons. The Labute approximate surface area is 145 Å². The minimum Gasteiger partial charge on any atom is -0.406 e.